The summed E-state index contributed by atoms with van der Waals surface area (Å²) in [6.45, 7) is 1.53. The third kappa shape index (κ3) is 3.21. The number of halogens is 1. The molecule has 1 aromatic carbocycles. The lowest BCUT2D eigenvalue weighted by Gasteiger charge is -2.30. The summed E-state index contributed by atoms with van der Waals surface area (Å²) in [6.07, 6.45) is 2.13. The lowest BCUT2D eigenvalue weighted by molar-refractivity contribution is 0.0726. The molecular weight excluding hydrogens is 310 g/mol. The molecule has 104 valence electrons. The van der Waals surface area contributed by atoms with E-state index in [-0.39, 0.29) is 5.91 Å². The van der Waals surface area contributed by atoms with Crippen molar-refractivity contribution in [1.29, 1.82) is 0 Å². The Kier molecular flexibility index (Phi) is 4.69. The van der Waals surface area contributed by atoms with E-state index in [0.717, 1.165) is 25.9 Å². The second kappa shape index (κ2) is 6.28. The number of hydrogen-bond donors (Lipinski definition) is 0. The third-order valence-electron chi connectivity index (χ3n) is 3.29. The van der Waals surface area contributed by atoms with Crippen LogP contribution in [0.5, 0.6) is 11.5 Å². The predicted molar refractivity (Wildman–Crippen MR) is 77.4 cm³/mol. The molecule has 5 heteroatoms. The maximum atomic E-state index is 12.6. The van der Waals surface area contributed by atoms with Crippen molar-refractivity contribution in [1.82, 2.24) is 4.90 Å². The number of carbonyl (C=O) groups is 1. The van der Waals surface area contributed by atoms with E-state index in [1.165, 1.54) is 0 Å². The number of carbonyl (C=O) groups excluding carboxylic acids is 1. The Morgan fingerprint density at radius 3 is 2.79 bits per heavy atom. The van der Waals surface area contributed by atoms with Crippen molar-refractivity contribution in [3.05, 3.63) is 23.8 Å². The Balaban J connectivity index is 2.26. The number of nitrogens with zero attached hydrogens (tertiary/aromatic N) is 1. The summed E-state index contributed by atoms with van der Waals surface area (Å²) < 4.78 is 10.4. The number of amides is 1. The molecule has 0 N–H and O–H groups in total. The zero-order valence-corrected chi connectivity index (χ0v) is 12.8. The highest BCUT2D eigenvalue weighted by Crippen LogP contribution is 2.27. The van der Waals surface area contributed by atoms with Crippen molar-refractivity contribution in [2.75, 3.05) is 27.3 Å². The lowest BCUT2D eigenvalue weighted by atomic mass is 10.1. The molecule has 1 unspecified atom stereocenters. The lowest BCUT2D eigenvalue weighted by Crippen LogP contribution is -2.40. The largest absolute Gasteiger partial charge is 0.497 e. The maximum Gasteiger partial charge on any atom is 0.257 e. The smallest absolute Gasteiger partial charge is 0.257 e. The van der Waals surface area contributed by atoms with Gasteiger partial charge in [-0.3, -0.25) is 4.79 Å². The van der Waals surface area contributed by atoms with E-state index in [9.17, 15) is 4.79 Å². The van der Waals surface area contributed by atoms with E-state index < -0.39 is 0 Å². The van der Waals surface area contributed by atoms with E-state index in [0.29, 0.717) is 21.9 Å². The van der Waals surface area contributed by atoms with Gasteiger partial charge in [0.05, 0.1) is 19.8 Å². The van der Waals surface area contributed by atoms with Crippen LogP contribution in [0.4, 0.5) is 0 Å². The van der Waals surface area contributed by atoms with Crippen LogP contribution < -0.4 is 9.47 Å². The molecule has 2 rings (SSSR count). The fraction of sp³-hybridized carbons (Fsp3) is 0.500. The van der Waals surface area contributed by atoms with Gasteiger partial charge < -0.3 is 14.4 Å². The molecule has 0 bridgehead atoms. The summed E-state index contributed by atoms with van der Waals surface area (Å²) in [7, 11) is 3.16. The van der Waals surface area contributed by atoms with Crippen molar-refractivity contribution in [2.45, 2.75) is 17.7 Å². The van der Waals surface area contributed by atoms with Crippen molar-refractivity contribution in [3.8, 4) is 11.5 Å². The van der Waals surface area contributed by atoms with Gasteiger partial charge in [-0.05, 0) is 31.0 Å². The number of hydrogen-bond acceptors (Lipinski definition) is 3. The quantitative estimate of drug-likeness (QED) is 0.801. The minimum Gasteiger partial charge on any atom is -0.497 e. The normalized spacial score (nSPS) is 19.1. The Labute approximate surface area is 121 Å². The second-order valence-corrected chi connectivity index (χ2v) is 5.85. The first-order valence-electron chi connectivity index (χ1n) is 6.31. The van der Waals surface area contributed by atoms with E-state index in [2.05, 4.69) is 15.9 Å². The number of methoxy groups -OCH3 is 2. The first-order valence-corrected chi connectivity index (χ1v) is 7.22. The number of alkyl halides is 1. The number of rotatable bonds is 3. The summed E-state index contributed by atoms with van der Waals surface area (Å²) in [4.78, 5) is 14.8. The second-order valence-electron chi connectivity index (χ2n) is 4.56. The number of benzene rings is 1. The van der Waals surface area contributed by atoms with Crippen molar-refractivity contribution in [3.63, 3.8) is 0 Å². The minimum absolute atomic E-state index is 0.0000926. The predicted octanol–water partition coefficient (Wildman–Crippen LogP) is 2.70. The zero-order valence-electron chi connectivity index (χ0n) is 11.2. The molecular formula is C14H18BrNO3. The van der Waals surface area contributed by atoms with Gasteiger partial charge in [-0.2, -0.15) is 0 Å². The molecule has 1 aliphatic heterocycles. The molecule has 19 heavy (non-hydrogen) atoms. The van der Waals surface area contributed by atoms with Crippen LogP contribution in [-0.4, -0.2) is 42.9 Å². The molecule has 1 fully saturated rings. The minimum atomic E-state index is -0.0000926. The molecule has 1 aliphatic rings. The SMILES string of the molecule is COc1ccc(OC)c(C(=O)N2CCCC(Br)C2)c1. The summed E-state index contributed by atoms with van der Waals surface area (Å²) in [5.74, 6) is 1.25. The van der Waals surface area contributed by atoms with Gasteiger partial charge >= 0.3 is 0 Å². The number of ether oxygens (including phenoxy) is 2. The van der Waals surface area contributed by atoms with E-state index in [1.807, 2.05) is 4.90 Å². The Morgan fingerprint density at radius 1 is 1.37 bits per heavy atom. The molecule has 0 spiro atoms. The Bertz CT molecular complexity index is 464. The Hall–Kier alpha value is -1.23. The van der Waals surface area contributed by atoms with Gasteiger partial charge in [0.2, 0.25) is 0 Å². The third-order valence-corrected chi connectivity index (χ3v) is 4.04. The van der Waals surface area contributed by atoms with Gasteiger partial charge in [0.25, 0.3) is 5.91 Å². The molecule has 1 aromatic rings. The van der Waals surface area contributed by atoms with Crippen LogP contribution in [0, 0.1) is 0 Å². The summed E-state index contributed by atoms with van der Waals surface area (Å²) in [5, 5.41) is 0. The molecule has 0 saturated carbocycles. The highest BCUT2D eigenvalue weighted by atomic mass is 79.9. The fourth-order valence-electron chi connectivity index (χ4n) is 2.26. The zero-order chi connectivity index (χ0) is 13.8. The molecule has 0 aliphatic carbocycles. The van der Waals surface area contributed by atoms with Crippen LogP contribution in [0.15, 0.2) is 18.2 Å². The van der Waals surface area contributed by atoms with Crippen LogP contribution in [0.25, 0.3) is 0 Å². The van der Waals surface area contributed by atoms with Gasteiger partial charge in [-0.25, -0.2) is 0 Å². The van der Waals surface area contributed by atoms with Crippen LogP contribution in [0.2, 0.25) is 0 Å². The molecule has 1 amide bonds. The molecule has 0 radical (unpaired) electrons. The summed E-state index contributed by atoms with van der Waals surface area (Å²) in [5.41, 5.74) is 0.559. The summed E-state index contributed by atoms with van der Waals surface area (Å²) >= 11 is 3.58. The topological polar surface area (TPSA) is 38.8 Å². The van der Waals surface area contributed by atoms with E-state index in [4.69, 9.17) is 9.47 Å². The highest BCUT2D eigenvalue weighted by molar-refractivity contribution is 9.09. The van der Waals surface area contributed by atoms with Crippen LogP contribution >= 0.6 is 15.9 Å². The van der Waals surface area contributed by atoms with Crippen molar-refractivity contribution in [2.24, 2.45) is 0 Å². The summed E-state index contributed by atoms with van der Waals surface area (Å²) in [6, 6.07) is 5.29. The highest BCUT2D eigenvalue weighted by Gasteiger charge is 2.25. The molecule has 0 aromatic heterocycles. The van der Waals surface area contributed by atoms with Gasteiger partial charge in [-0.15, -0.1) is 0 Å². The standard InChI is InChI=1S/C14H18BrNO3/c1-18-11-5-6-13(19-2)12(8-11)14(17)16-7-3-4-10(15)9-16/h5-6,8,10H,3-4,7,9H2,1-2H3. The van der Waals surface area contributed by atoms with Crippen LogP contribution in [-0.2, 0) is 0 Å². The van der Waals surface area contributed by atoms with E-state index >= 15 is 0 Å². The number of likely N-dealkylation sites (tertiary alicyclic amines) is 1. The average molecular weight is 328 g/mol. The van der Waals surface area contributed by atoms with Gasteiger partial charge in [0.1, 0.15) is 11.5 Å². The molecule has 1 saturated heterocycles. The van der Waals surface area contributed by atoms with Gasteiger partial charge in [0.15, 0.2) is 0 Å². The monoisotopic (exact) mass is 327 g/mol. The maximum absolute atomic E-state index is 12.6. The van der Waals surface area contributed by atoms with Gasteiger partial charge in [0, 0.05) is 17.9 Å². The fourth-order valence-corrected chi connectivity index (χ4v) is 2.93. The number of piperidine rings is 1. The van der Waals surface area contributed by atoms with E-state index in [1.54, 1.807) is 32.4 Å². The molecule has 4 nitrogen and oxygen atoms in total. The van der Waals surface area contributed by atoms with Crippen LogP contribution in [0.3, 0.4) is 0 Å². The first-order chi connectivity index (χ1) is 9.15. The molecule has 1 atom stereocenters. The first kappa shape index (κ1) is 14.2. The molecule has 1 heterocycles. The Morgan fingerprint density at radius 2 is 2.16 bits per heavy atom. The van der Waals surface area contributed by atoms with Crippen LogP contribution in [0.1, 0.15) is 23.2 Å². The average Bonchev–Trinajstić information content (AvgIpc) is 2.45. The van der Waals surface area contributed by atoms with Crippen molar-refractivity contribution >= 4 is 21.8 Å². The van der Waals surface area contributed by atoms with Gasteiger partial charge in [-0.1, -0.05) is 15.9 Å². The van der Waals surface area contributed by atoms with Crippen molar-refractivity contribution < 1.29 is 14.3 Å².